The molecule has 0 saturated carbocycles. The second-order valence-corrected chi connectivity index (χ2v) is 6.10. The molecule has 2 aromatic rings. The predicted octanol–water partition coefficient (Wildman–Crippen LogP) is 3.65. The summed E-state index contributed by atoms with van der Waals surface area (Å²) in [4.78, 5) is 23.5. The number of carbonyl (C=O) groups is 2. The number of benzene rings is 2. The Morgan fingerprint density at radius 3 is 2.40 bits per heavy atom. The van der Waals surface area contributed by atoms with Crippen LogP contribution in [0, 0.1) is 13.8 Å². The minimum Gasteiger partial charge on any atom is -0.465 e. The van der Waals surface area contributed by atoms with Crippen molar-refractivity contribution >= 4 is 12.0 Å². The summed E-state index contributed by atoms with van der Waals surface area (Å²) in [6, 6.07) is 12.8. The van der Waals surface area contributed by atoms with E-state index in [-0.39, 0.29) is 18.0 Å². The van der Waals surface area contributed by atoms with Crippen molar-refractivity contribution in [2.75, 3.05) is 7.11 Å². The van der Waals surface area contributed by atoms with E-state index in [1.165, 1.54) is 12.7 Å². The molecule has 0 bridgehead atoms. The van der Waals surface area contributed by atoms with Crippen molar-refractivity contribution < 1.29 is 14.3 Å². The molecule has 0 unspecified atom stereocenters. The van der Waals surface area contributed by atoms with Gasteiger partial charge in [-0.3, -0.25) is 0 Å². The maximum absolute atomic E-state index is 12.1. The molecule has 0 spiro atoms. The van der Waals surface area contributed by atoms with Crippen molar-refractivity contribution in [3.8, 4) is 0 Å². The summed E-state index contributed by atoms with van der Waals surface area (Å²) in [6.45, 7) is 6.42. The summed E-state index contributed by atoms with van der Waals surface area (Å²) in [5.74, 6) is -0.375. The molecule has 2 amide bonds. The van der Waals surface area contributed by atoms with Gasteiger partial charge in [0.05, 0.1) is 18.7 Å². The van der Waals surface area contributed by atoms with Gasteiger partial charge in [-0.2, -0.15) is 0 Å². The fourth-order valence-electron chi connectivity index (χ4n) is 2.61. The second kappa shape index (κ2) is 8.33. The quantitative estimate of drug-likeness (QED) is 0.817. The number of rotatable bonds is 5. The zero-order chi connectivity index (χ0) is 18.4. The van der Waals surface area contributed by atoms with Crippen LogP contribution in [0.2, 0.25) is 0 Å². The number of esters is 1. The lowest BCUT2D eigenvalue weighted by Gasteiger charge is -2.18. The molecule has 0 saturated heterocycles. The van der Waals surface area contributed by atoms with E-state index in [4.69, 9.17) is 0 Å². The number of urea groups is 1. The fraction of sp³-hybridized carbons (Fsp3) is 0.300. The Bertz CT molecular complexity index is 754. The normalized spacial score (nSPS) is 11.5. The summed E-state index contributed by atoms with van der Waals surface area (Å²) < 4.78 is 4.66. The van der Waals surface area contributed by atoms with E-state index in [2.05, 4.69) is 33.6 Å². The topological polar surface area (TPSA) is 67.4 Å². The highest BCUT2D eigenvalue weighted by Crippen LogP contribution is 2.18. The van der Waals surface area contributed by atoms with Crippen molar-refractivity contribution in [3.05, 3.63) is 70.3 Å². The van der Waals surface area contributed by atoms with Gasteiger partial charge in [-0.25, -0.2) is 9.59 Å². The molecule has 2 N–H and O–H groups in total. The zero-order valence-electron chi connectivity index (χ0n) is 15.1. The van der Waals surface area contributed by atoms with E-state index in [0.29, 0.717) is 12.1 Å². The Balaban J connectivity index is 1.90. The van der Waals surface area contributed by atoms with E-state index >= 15 is 0 Å². The van der Waals surface area contributed by atoms with Crippen LogP contribution in [0.4, 0.5) is 4.79 Å². The van der Waals surface area contributed by atoms with Gasteiger partial charge in [0, 0.05) is 6.54 Å². The molecule has 132 valence electrons. The second-order valence-electron chi connectivity index (χ2n) is 6.10. The number of ether oxygens (including phenoxy) is 1. The van der Waals surface area contributed by atoms with Crippen LogP contribution in [0.5, 0.6) is 0 Å². The van der Waals surface area contributed by atoms with Gasteiger partial charge in [-0.1, -0.05) is 35.9 Å². The summed E-state index contributed by atoms with van der Waals surface area (Å²) in [6.07, 6.45) is 0. The van der Waals surface area contributed by atoms with Crippen molar-refractivity contribution in [3.63, 3.8) is 0 Å². The third-order valence-electron chi connectivity index (χ3n) is 4.08. The first-order valence-corrected chi connectivity index (χ1v) is 8.19. The molecule has 1 atom stereocenters. The van der Waals surface area contributed by atoms with Crippen LogP contribution in [0.25, 0.3) is 0 Å². The van der Waals surface area contributed by atoms with Crippen LogP contribution in [0.15, 0.2) is 42.5 Å². The minimum absolute atomic E-state index is 0.0819. The van der Waals surface area contributed by atoms with E-state index in [0.717, 1.165) is 16.7 Å². The van der Waals surface area contributed by atoms with Crippen LogP contribution in [-0.2, 0) is 11.3 Å². The predicted molar refractivity (Wildman–Crippen MR) is 97.5 cm³/mol. The molecule has 0 aliphatic carbocycles. The molecule has 5 nitrogen and oxygen atoms in total. The van der Waals surface area contributed by atoms with Crippen LogP contribution in [0.1, 0.15) is 45.6 Å². The standard InChI is InChI=1S/C20H24N2O3/c1-13-5-6-14(2)18(11-13)15(3)22-20(24)21-12-16-7-9-17(10-8-16)19(23)25-4/h5-11,15H,12H2,1-4H3,(H2,21,22,24)/t15-/m1/s1. The number of nitrogens with one attached hydrogen (secondary N) is 2. The number of amides is 2. The summed E-state index contributed by atoms with van der Waals surface area (Å²) in [5.41, 5.74) is 4.82. The average Bonchev–Trinajstić information content (AvgIpc) is 2.61. The van der Waals surface area contributed by atoms with Crippen molar-refractivity contribution in [1.82, 2.24) is 10.6 Å². The molecule has 0 aromatic heterocycles. The number of methoxy groups -OCH3 is 1. The highest BCUT2D eigenvalue weighted by molar-refractivity contribution is 5.89. The Morgan fingerprint density at radius 1 is 1.08 bits per heavy atom. The third-order valence-corrected chi connectivity index (χ3v) is 4.08. The summed E-state index contributed by atoms with van der Waals surface area (Å²) >= 11 is 0. The van der Waals surface area contributed by atoms with E-state index in [1.54, 1.807) is 24.3 Å². The number of hydrogen-bond acceptors (Lipinski definition) is 3. The Morgan fingerprint density at radius 2 is 1.76 bits per heavy atom. The molecule has 0 radical (unpaired) electrons. The molecule has 2 rings (SSSR count). The highest BCUT2D eigenvalue weighted by atomic mass is 16.5. The van der Waals surface area contributed by atoms with Crippen LogP contribution < -0.4 is 10.6 Å². The van der Waals surface area contributed by atoms with Gasteiger partial charge in [0.2, 0.25) is 0 Å². The lowest BCUT2D eigenvalue weighted by molar-refractivity contribution is 0.0600. The van der Waals surface area contributed by atoms with Gasteiger partial charge in [0.15, 0.2) is 0 Å². The lowest BCUT2D eigenvalue weighted by Crippen LogP contribution is -2.36. The molecule has 2 aromatic carbocycles. The van der Waals surface area contributed by atoms with Crippen LogP contribution >= 0.6 is 0 Å². The van der Waals surface area contributed by atoms with Crippen LogP contribution in [0.3, 0.4) is 0 Å². The average molecular weight is 340 g/mol. The maximum atomic E-state index is 12.1. The Labute approximate surface area is 148 Å². The summed E-state index contributed by atoms with van der Waals surface area (Å²) in [7, 11) is 1.35. The summed E-state index contributed by atoms with van der Waals surface area (Å²) in [5, 5.41) is 5.78. The third kappa shape index (κ3) is 5.08. The zero-order valence-corrected chi connectivity index (χ0v) is 15.1. The first-order valence-electron chi connectivity index (χ1n) is 8.19. The molecular weight excluding hydrogens is 316 g/mol. The smallest absolute Gasteiger partial charge is 0.337 e. The van der Waals surface area contributed by atoms with Gasteiger partial charge < -0.3 is 15.4 Å². The molecule has 0 fully saturated rings. The number of aryl methyl sites for hydroxylation is 2. The molecule has 5 heteroatoms. The molecule has 25 heavy (non-hydrogen) atoms. The van der Waals surface area contributed by atoms with Gasteiger partial charge in [0.1, 0.15) is 0 Å². The molecule has 0 aliphatic rings. The molecule has 0 aliphatic heterocycles. The van der Waals surface area contributed by atoms with Gasteiger partial charge >= 0.3 is 12.0 Å². The van der Waals surface area contributed by atoms with Crippen molar-refractivity contribution in [2.45, 2.75) is 33.4 Å². The Hall–Kier alpha value is -2.82. The van der Waals surface area contributed by atoms with Gasteiger partial charge in [-0.15, -0.1) is 0 Å². The lowest BCUT2D eigenvalue weighted by atomic mass is 10.0. The monoisotopic (exact) mass is 340 g/mol. The largest absolute Gasteiger partial charge is 0.465 e. The SMILES string of the molecule is COC(=O)c1ccc(CNC(=O)N[C@H](C)c2cc(C)ccc2C)cc1. The van der Waals surface area contributed by atoms with Crippen LogP contribution in [-0.4, -0.2) is 19.1 Å². The van der Waals surface area contributed by atoms with Crippen molar-refractivity contribution in [2.24, 2.45) is 0 Å². The maximum Gasteiger partial charge on any atom is 0.337 e. The van der Waals surface area contributed by atoms with E-state index < -0.39 is 0 Å². The van der Waals surface area contributed by atoms with Gasteiger partial charge in [-0.05, 0) is 49.6 Å². The highest BCUT2D eigenvalue weighted by Gasteiger charge is 2.12. The first-order chi connectivity index (χ1) is 11.9. The number of carbonyl (C=O) groups excluding carboxylic acids is 2. The first kappa shape index (κ1) is 18.5. The molecule has 0 heterocycles. The number of hydrogen-bond donors (Lipinski definition) is 2. The molecular formula is C20H24N2O3. The van der Waals surface area contributed by atoms with Crippen molar-refractivity contribution in [1.29, 1.82) is 0 Å². The fourth-order valence-corrected chi connectivity index (χ4v) is 2.61. The van der Waals surface area contributed by atoms with E-state index in [9.17, 15) is 9.59 Å². The minimum atomic E-state index is -0.375. The Kier molecular flexibility index (Phi) is 6.17. The van der Waals surface area contributed by atoms with Gasteiger partial charge in [0.25, 0.3) is 0 Å². The van der Waals surface area contributed by atoms with E-state index in [1.807, 2.05) is 20.8 Å².